The van der Waals surface area contributed by atoms with Gasteiger partial charge in [0.25, 0.3) is 0 Å². The summed E-state index contributed by atoms with van der Waals surface area (Å²) in [7, 11) is 0.345. The molecule has 8 heteroatoms. The molecule has 2 atom stereocenters. The summed E-state index contributed by atoms with van der Waals surface area (Å²) < 4.78 is 27.3. The van der Waals surface area contributed by atoms with Crippen molar-refractivity contribution in [1.82, 2.24) is 9.62 Å². The van der Waals surface area contributed by atoms with Crippen LogP contribution in [0.5, 0.6) is 0 Å². The zero-order valence-corrected chi connectivity index (χ0v) is 18.8. The number of amides is 1. The topological polar surface area (TPSA) is 69.7 Å². The van der Waals surface area contributed by atoms with Gasteiger partial charge in [-0.15, -0.1) is 11.3 Å². The molecule has 0 spiro atoms. The Labute approximate surface area is 178 Å². The first-order valence-corrected chi connectivity index (χ1v) is 11.9. The van der Waals surface area contributed by atoms with Crippen molar-refractivity contribution >= 4 is 39.0 Å². The molecule has 1 aliphatic heterocycles. The van der Waals surface area contributed by atoms with Gasteiger partial charge in [0.15, 0.2) is 0 Å². The Morgan fingerprint density at radius 1 is 1.24 bits per heavy atom. The molecule has 1 unspecified atom stereocenters. The van der Waals surface area contributed by atoms with E-state index < -0.39 is 16.1 Å². The average Bonchev–Trinajstić information content (AvgIpc) is 3.25. The fourth-order valence-electron chi connectivity index (χ4n) is 3.21. The normalized spacial score (nSPS) is 18.9. The third kappa shape index (κ3) is 5.33. The van der Waals surface area contributed by atoms with Gasteiger partial charge in [-0.2, -0.15) is 4.72 Å². The van der Waals surface area contributed by atoms with Gasteiger partial charge in [-0.05, 0) is 70.3 Å². The number of carbonyl (C=O) groups is 1. The van der Waals surface area contributed by atoms with E-state index in [4.69, 9.17) is 0 Å². The summed E-state index contributed by atoms with van der Waals surface area (Å²) in [6.45, 7) is 4.57. The van der Waals surface area contributed by atoms with Gasteiger partial charge >= 0.3 is 0 Å². The van der Waals surface area contributed by atoms with E-state index in [9.17, 15) is 13.2 Å². The minimum absolute atomic E-state index is 0. The summed E-state index contributed by atoms with van der Waals surface area (Å²) in [6.07, 6.45) is 2.00. The van der Waals surface area contributed by atoms with Crippen molar-refractivity contribution in [3.8, 4) is 0 Å². The minimum atomic E-state index is -3.70. The number of rotatable bonds is 7. The molecule has 158 valence electrons. The van der Waals surface area contributed by atoms with Crippen LogP contribution in [0.1, 0.15) is 36.1 Å². The lowest BCUT2D eigenvalue weighted by Crippen LogP contribution is -2.40. The van der Waals surface area contributed by atoms with Crippen molar-refractivity contribution in [2.75, 3.05) is 25.5 Å². The summed E-state index contributed by atoms with van der Waals surface area (Å²) in [5.41, 5.74) is 1.95. The van der Waals surface area contributed by atoms with Crippen LogP contribution in [0, 0.1) is 6.92 Å². The summed E-state index contributed by atoms with van der Waals surface area (Å²) >= 11 is 1.52. The quantitative estimate of drug-likeness (QED) is 0.721. The largest absolute Gasteiger partial charge is 0.311 e. The molecule has 29 heavy (non-hydrogen) atoms. The molecule has 1 aromatic carbocycles. The van der Waals surface area contributed by atoms with E-state index >= 15 is 0 Å². The minimum Gasteiger partial charge on any atom is -0.311 e. The van der Waals surface area contributed by atoms with Gasteiger partial charge in [-0.1, -0.05) is 12.1 Å². The Morgan fingerprint density at radius 3 is 2.52 bits per heavy atom. The number of hydrogen-bond acceptors (Lipinski definition) is 5. The second-order valence-corrected chi connectivity index (χ2v) is 10.4. The number of nitrogens with zero attached hydrogens (tertiary/aromatic N) is 2. The van der Waals surface area contributed by atoms with E-state index in [1.807, 2.05) is 57.4 Å². The highest BCUT2D eigenvalue weighted by Gasteiger charge is 2.34. The van der Waals surface area contributed by atoms with E-state index in [-0.39, 0.29) is 13.4 Å². The molecule has 0 radical (unpaired) electrons. The Morgan fingerprint density at radius 2 is 1.93 bits per heavy atom. The van der Waals surface area contributed by atoms with Gasteiger partial charge in [-0.3, -0.25) is 4.79 Å². The molecule has 1 saturated heterocycles. The first-order valence-electron chi connectivity index (χ1n) is 9.51. The van der Waals surface area contributed by atoms with Crippen LogP contribution >= 0.6 is 11.3 Å². The molecule has 6 nitrogen and oxygen atoms in total. The van der Waals surface area contributed by atoms with Crippen LogP contribution in [0.15, 0.2) is 41.8 Å². The maximum Gasteiger partial charge on any atom is 0.245 e. The first kappa shape index (κ1) is 21.7. The van der Waals surface area contributed by atoms with Crippen LogP contribution < -0.4 is 9.62 Å². The molecular formula is C21H29N3O3S2. The highest BCUT2D eigenvalue weighted by molar-refractivity contribution is 7.92. The lowest BCUT2D eigenvalue weighted by molar-refractivity contribution is -0.118. The molecule has 3 rings (SSSR count). The Hall–Kier alpha value is -2.00. The fraction of sp³-hybridized carbons (Fsp3) is 0.381. The zero-order valence-electron chi connectivity index (χ0n) is 17.1. The molecule has 1 N–H and O–H groups in total. The van der Waals surface area contributed by atoms with Crippen LogP contribution in [0.4, 0.5) is 5.69 Å². The van der Waals surface area contributed by atoms with Crippen LogP contribution in [0.2, 0.25) is 0 Å². The Bertz CT molecular complexity index is 1000. The van der Waals surface area contributed by atoms with Crippen molar-refractivity contribution in [3.63, 3.8) is 0 Å². The van der Waals surface area contributed by atoms with Crippen LogP contribution in [0.25, 0.3) is 6.08 Å². The van der Waals surface area contributed by atoms with Crippen LogP contribution in [0.3, 0.4) is 0 Å². The lowest BCUT2D eigenvalue weighted by Gasteiger charge is -2.22. The number of anilines is 1. The maximum absolute atomic E-state index is 12.8. The van der Waals surface area contributed by atoms with Crippen molar-refractivity contribution < 1.29 is 14.6 Å². The molecule has 0 aliphatic carbocycles. The number of thiophene rings is 1. The standard InChI is InChI=1S/C21H27N3O3S2.H2/c1-15-5-10-19(28-15)12-14-29(26,27)22-20-11-13-24(21(20)25)18-8-6-17(7-9-18)16(2)23(3)4;/h5-10,12,14,16,20,22H,11,13H2,1-4H3;1H/b14-12+;/t16?,20-;/m0./s1. The van der Waals surface area contributed by atoms with E-state index in [1.165, 1.54) is 11.3 Å². The predicted molar refractivity (Wildman–Crippen MR) is 122 cm³/mol. The molecule has 2 heterocycles. The molecule has 2 aromatic rings. The summed E-state index contributed by atoms with van der Waals surface area (Å²) in [5, 5.41) is 1.13. The highest BCUT2D eigenvalue weighted by Crippen LogP contribution is 2.25. The second kappa shape index (κ2) is 8.79. The SMILES string of the molecule is Cc1ccc(/C=C/S(=O)(=O)N[C@H]2CCN(c3ccc(C(C)N(C)C)cc3)C2=O)s1.[HH]. The van der Waals surface area contributed by atoms with Crippen LogP contribution in [-0.2, 0) is 14.8 Å². The van der Waals surface area contributed by atoms with Crippen LogP contribution in [-0.4, -0.2) is 45.9 Å². The van der Waals surface area contributed by atoms with Gasteiger partial charge in [0.1, 0.15) is 6.04 Å². The lowest BCUT2D eigenvalue weighted by atomic mass is 10.1. The molecular weight excluding hydrogens is 406 g/mol. The zero-order chi connectivity index (χ0) is 21.2. The van der Waals surface area contributed by atoms with Crippen molar-refractivity contribution in [2.24, 2.45) is 0 Å². The molecule has 0 saturated carbocycles. The smallest absolute Gasteiger partial charge is 0.245 e. The third-order valence-corrected chi connectivity index (χ3v) is 7.22. The molecule has 1 amide bonds. The number of sulfonamides is 1. The summed E-state index contributed by atoms with van der Waals surface area (Å²) in [5.74, 6) is -0.220. The Balaban J connectivity index is 0.00000320. The van der Waals surface area contributed by atoms with E-state index in [0.717, 1.165) is 26.4 Å². The van der Waals surface area contributed by atoms with Crippen molar-refractivity contribution in [1.29, 1.82) is 0 Å². The molecule has 0 bridgehead atoms. The van der Waals surface area contributed by atoms with Gasteiger partial charge < -0.3 is 9.80 Å². The number of carbonyl (C=O) groups excluding carboxylic acids is 1. The molecule has 1 fully saturated rings. The fourth-order valence-corrected chi connectivity index (χ4v) is 5.10. The molecule has 1 aromatic heterocycles. The summed E-state index contributed by atoms with van der Waals surface area (Å²) in [4.78, 5) is 18.5. The maximum atomic E-state index is 12.8. The van der Waals surface area contributed by atoms with E-state index in [1.54, 1.807) is 11.0 Å². The third-order valence-electron chi connectivity index (χ3n) is 5.15. The predicted octanol–water partition coefficient (Wildman–Crippen LogP) is 3.62. The van der Waals surface area contributed by atoms with Gasteiger partial charge in [-0.25, -0.2) is 8.42 Å². The van der Waals surface area contributed by atoms with E-state index in [0.29, 0.717) is 13.0 Å². The van der Waals surface area contributed by atoms with Gasteiger partial charge in [0, 0.05) is 34.9 Å². The Kier molecular flexibility index (Phi) is 6.58. The number of nitrogens with one attached hydrogen (secondary N) is 1. The monoisotopic (exact) mass is 435 g/mol. The van der Waals surface area contributed by atoms with Gasteiger partial charge in [0.05, 0.1) is 0 Å². The van der Waals surface area contributed by atoms with Gasteiger partial charge in [0.2, 0.25) is 15.9 Å². The molecule has 1 aliphatic rings. The summed E-state index contributed by atoms with van der Waals surface area (Å²) in [6, 6.07) is 11.2. The van der Waals surface area contributed by atoms with E-state index in [2.05, 4.69) is 16.5 Å². The number of hydrogen-bond donors (Lipinski definition) is 1. The highest BCUT2D eigenvalue weighted by atomic mass is 32.2. The number of benzene rings is 1. The first-order chi connectivity index (χ1) is 13.7. The average molecular weight is 436 g/mol. The number of aryl methyl sites for hydroxylation is 1. The second-order valence-electron chi connectivity index (χ2n) is 7.48. The van der Waals surface area contributed by atoms with Crippen molar-refractivity contribution in [2.45, 2.75) is 32.4 Å². The van der Waals surface area contributed by atoms with Crippen molar-refractivity contribution in [3.05, 3.63) is 57.1 Å².